The van der Waals surface area contributed by atoms with Crippen LogP contribution in [0.4, 0.5) is 0 Å². The molecule has 0 unspecified atom stereocenters. The van der Waals surface area contributed by atoms with E-state index in [1.165, 1.54) is 5.56 Å². The number of aryl methyl sites for hydroxylation is 1. The Kier molecular flexibility index (Phi) is 4.93. The van der Waals surface area contributed by atoms with Crippen LogP contribution < -0.4 is 0 Å². The quantitative estimate of drug-likeness (QED) is 0.764. The molecule has 19 heavy (non-hydrogen) atoms. The number of piperazine rings is 1. The fourth-order valence-corrected chi connectivity index (χ4v) is 2.31. The number of amides is 1. The highest BCUT2D eigenvalue weighted by atomic mass is 16.2. The Morgan fingerprint density at radius 1 is 1.16 bits per heavy atom. The van der Waals surface area contributed by atoms with E-state index in [2.05, 4.69) is 23.1 Å². The first-order valence-corrected chi connectivity index (χ1v) is 6.70. The summed E-state index contributed by atoms with van der Waals surface area (Å²) in [7, 11) is 0. The molecule has 1 aliphatic rings. The smallest absolute Gasteiger partial charge is 0.222 e. The van der Waals surface area contributed by atoms with Crippen LogP contribution >= 0.6 is 0 Å². The summed E-state index contributed by atoms with van der Waals surface area (Å²) in [5, 5.41) is 8.63. The maximum absolute atomic E-state index is 12.1. The van der Waals surface area contributed by atoms with Gasteiger partial charge in [0.1, 0.15) is 0 Å². The highest BCUT2D eigenvalue weighted by molar-refractivity contribution is 5.76. The first-order chi connectivity index (χ1) is 9.29. The van der Waals surface area contributed by atoms with Crippen molar-refractivity contribution in [3.63, 3.8) is 0 Å². The van der Waals surface area contributed by atoms with Gasteiger partial charge >= 0.3 is 0 Å². The lowest BCUT2D eigenvalue weighted by Crippen LogP contribution is -2.48. The van der Waals surface area contributed by atoms with Crippen LogP contribution in [0.15, 0.2) is 30.3 Å². The third kappa shape index (κ3) is 4.08. The molecule has 0 aromatic heterocycles. The van der Waals surface area contributed by atoms with E-state index in [4.69, 9.17) is 5.26 Å². The minimum absolute atomic E-state index is 0.223. The van der Waals surface area contributed by atoms with Crippen molar-refractivity contribution in [2.24, 2.45) is 0 Å². The molecule has 1 fully saturated rings. The Bertz CT molecular complexity index is 444. The third-order valence-electron chi connectivity index (χ3n) is 3.49. The summed E-state index contributed by atoms with van der Waals surface area (Å²) < 4.78 is 0. The summed E-state index contributed by atoms with van der Waals surface area (Å²) in [6.45, 7) is 3.58. The van der Waals surface area contributed by atoms with Crippen LogP contribution in [0.2, 0.25) is 0 Å². The Balaban J connectivity index is 1.74. The molecular formula is C15H19N3O. The van der Waals surface area contributed by atoms with Crippen LogP contribution in [0.1, 0.15) is 12.0 Å². The highest BCUT2D eigenvalue weighted by Crippen LogP contribution is 2.07. The monoisotopic (exact) mass is 257 g/mol. The summed E-state index contributed by atoms with van der Waals surface area (Å²) in [4.78, 5) is 16.1. The Morgan fingerprint density at radius 3 is 2.47 bits per heavy atom. The standard InChI is InChI=1S/C15H19N3O/c16-8-9-17-10-12-18(13-11-17)15(19)7-6-14-4-2-1-3-5-14/h1-5H,6-7,9-13H2. The van der Waals surface area contributed by atoms with Crippen molar-refractivity contribution in [3.8, 4) is 6.07 Å². The van der Waals surface area contributed by atoms with Gasteiger partial charge in [-0.05, 0) is 12.0 Å². The molecule has 0 saturated carbocycles. The van der Waals surface area contributed by atoms with Gasteiger partial charge < -0.3 is 4.90 Å². The zero-order chi connectivity index (χ0) is 13.5. The van der Waals surface area contributed by atoms with E-state index in [1.807, 2.05) is 23.1 Å². The van der Waals surface area contributed by atoms with E-state index >= 15 is 0 Å². The molecule has 4 nitrogen and oxygen atoms in total. The summed E-state index contributed by atoms with van der Waals surface area (Å²) in [5.41, 5.74) is 1.21. The largest absolute Gasteiger partial charge is 0.340 e. The first kappa shape index (κ1) is 13.6. The second-order valence-electron chi connectivity index (χ2n) is 4.80. The van der Waals surface area contributed by atoms with Gasteiger partial charge in [0.05, 0.1) is 12.6 Å². The van der Waals surface area contributed by atoms with Crippen molar-refractivity contribution < 1.29 is 4.79 Å². The third-order valence-corrected chi connectivity index (χ3v) is 3.49. The van der Waals surface area contributed by atoms with Crippen molar-refractivity contribution >= 4 is 5.91 Å². The van der Waals surface area contributed by atoms with Gasteiger partial charge in [-0.3, -0.25) is 9.69 Å². The first-order valence-electron chi connectivity index (χ1n) is 6.70. The molecule has 100 valence electrons. The van der Waals surface area contributed by atoms with E-state index in [0.29, 0.717) is 13.0 Å². The minimum atomic E-state index is 0.223. The van der Waals surface area contributed by atoms with Crippen LogP contribution in [-0.2, 0) is 11.2 Å². The van der Waals surface area contributed by atoms with E-state index in [-0.39, 0.29) is 5.91 Å². The van der Waals surface area contributed by atoms with Gasteiger partial charge in [0.15, 0.2) is 0 Å². The lowest BCUT2D eigenvalue weighted by molar-refractivity contribution is -0.132. The molecule has 0 N–H and O–H groups in total. The second kappa shape index (κ2) is 6.91. The average Bonchev–Trinajstić information content (AvgIpc) is 2.47. The predicted molar refractivity (Wildman–Crippen MR) is 73.4 cm³/mol. The topological polar surface area (TPSA) is 47.3 Å². The van der Waals surface area contributed by atoms with Crippen molar-refractivity contribution in [2.45, 2.75) is 12.8 Å². The molecule has 1 heterocycles. The van der Waals surface area contributed by atoms with Crippen molar-refractivity contribution in [1.82, 2.24) is 9.80 Å². The Labute approximate surface area is 114 Å². The molecule has 1 saturated heterocycles. The van der Waals surface area contributed by atoms with Gasteiger partial charge in [0.2, 0.25) is 5.91 Å². The van der Waals surface area contributed by atoms with Crippen molar-refractivity contribution in [1.29, 1.82) is 5.26 Å². The van der Waals surface area contributed by atoms with E-state index in [0.717, 1.165) is 32.6 Å². The van der Waals surface area contributed by atoms with Crippen LogP contribution in [0.5, 0.6) is 0 Å². The summed E-state index contributed by atoms with van der Waals surface area (Å²) in [6, 6.07) is 12.2. The molecule has 1 amide bonds. The van der Waals surface area contributed by atoms with Crippen LogP contribution in [-0.4, -0.2) is 48.4 Å². The molecule has 0 spiro atoms. The molecule has 1 aliphatic heterocycles. The van der Waals surface area contributed by atoms with Gasteiger partial charge in [-0.15, -0.1) is 0 Å². The lowest BCUT2D eigenvalue weighted by Gasteiger charge is -2.33. The number of nitriles is 1. The van der Waals surface area contributed by atoms with Crippen molar-refractivity contribution in [3.05, 3.63) is 35.9 Å². The number of hydrogen-bond acceptors (Lipinski definition) is 3. The van der Waals surface area contributed by atoms with Gasteiger partial charge in [0.25, 0.3) is 0 Å². The molecule has 2 rings (SSSR count). The van der Waals surface area contributed by atoms with Crippen LogP contribution in [0, 0.1) is 11.3 Å². The number of benzene rings is 1. The summed E-state index contributed by atoms with van der Waals surface area (Å²) >= 11 is 0. The lowest BCUT2D eigenvalue weighted by atomic mass is 10.1. The minimum Gasteiger partial charge on any atom is -0.340 e. The van der Waals surface area contributed by atoms with E-state index in [1.54, 1.807) is 0 Å². The molecule has 0 bridgehead atoms. The fourth-order valence-electron chi connectivity index (χ4n) is 2.31. The molecule has 0 aliphatic carbocycles. The summed E-state index contributed by atoms with van der Waals surface area (Å²) in [6.07, 6.45) is 1.38. The van der Waals surface area contributed by atoms with Gasteiger partial charge in [-0.1, -0.05) is 30.3 Å². The molecule has 1 aromatic carbocycles. The van der Waals surface area contributed by atoms with Crippen molar-refractivity contribution in [2.75, 3.05) is 32.7 Å². The Morgan fingerprint density at radius 2 is 1.84 bits per heavy atom. The Hall–Kier alpha value is -1.86. The number of rotatable bonds is 4. The molecule has 4 heteroatoms. The molecule has 1 aromatic rings. The zero-order valence-electron chi connectivity index (χ0n) is 11.1. The SMILES string of the molecule is N#CCN1CCN(C(=O)CCc2ccccc2)CC1. The van der Waals surface area contributed by atoms with Gasteiger partial charge in [-0.25, -0.2) is 0 Å². The predicted octanol–water partition coefficient (Wildman–Crippen LogP) is 1.29. The average molecular weight is 257 g/mol. The number of carbonyl (C=O) groups excluding carboxylic acids is 1. The normalized spacial score (nSPS) is 16.1. The molecule has 0 radical (unpaired) electrons. The number of nitrogens with zero attached hydrogens (tertiary/aromatic N) is 3. The number of hydrogen-bond donors (Lipinski definition) is 0. The molecular weight excluding hydrogens is 238 g/mol. The number of carbonyl (C=O) groups is 1. The summed E-state index contributed by atoms with van der Waals surface area (Å²) in [5.74, 6) is 0.223. The highest BCUT2D eigenvalue weighted by Gasteiger charge is 2.20. The van der Waals surface area contributed by atoms with Crippen LogP contribution in [0.3, 0.4) is 0 Å². The van der Waals surface area contributed by atoms with Gasteiger partial charge in [-0.2, -0.15) is 5.26 Å². The maximum Gasteiger partial charge on any atom is 0.222 e. The second-order valence-corrected chi connectivity index (χ2v) is 4.80. The van der Waals surface area contributed by atoms with E-state index in [9.17, 15) is 4.79 Å². The molecule has 0 atom stereocenters. The van der Waals surface area contributed by atoms with E-state index < -0.39 is 0 Å². The fraction of sp³-hybridized carbons (Fsp3) is 0.467. The maximum atomic E-state index is 12.1. The zero-order valence-corrected chi connectivity index (χ0v) is 11.1. The van der Waals surface area contributed by atoms with Crippen LogP contribution in [0.25, 0.3) is 0 Å². The van der Waals surface area contributed by atoms with Gasteiger partial charge in [0, 0.05) is 32.6 Å².